The van der Waals surface area contributed by atoms with Gasteiger partial charge in [0.2, 0.25) is 11.3 Å². The van der Waals surface area contributed by atoms with Gasteiger partial charge in [-0.1, -0.05) is 56.3 Å². The number of halogens is 1. The summed E-state index contributed by atoms with van der Waals surface area (Å²) >= 11 is 0. The van der Waals surface area contributed by atoms with Crippen molar-refractivity contribution >= 4 is 46.3 Å². The van der Waals surface area contributed by atoms with E-state index in [4.69, 9.17) is 9.47 Å². The minimum atomic E-state index is -1.38. The number of aromatic amines is 1. The SMILES string of the molecule is CCn1cc(C(=O)O)c(=O)c2cc(F)c(N3CCN(C(=O)OCc4ccc(NC(=O)C(C)c5nnc([C@@H](NC(=O)OCc6ccccc6)C(C)C)[nH]5)cc4)CC3)cc21. The Morgan fingerprint density at radius 2 is 1.55 bits per heavy atom. The molecule has 0 radical (unpaired) electrons. The van der Waals surface area contributed by atoms with Crippen LogP contribution in [0.15, 0.2) is 77.7 Å². The lowest BCUT2D eigenvalue weighted by atomic mass is 10.0. The molecule has 1 aliphatic heterocycles. The van der Waals surface area contributed by atoms with E-state index < -0.39 is 46.9 Å². The van der Waals surface area contributed by atoms with Crippen LogP contribution in [0.1, 0.15) is 72.8 Å². The van der Waals surface area contributed by atoms with Gasteiger partial charge < -0.3 is 44.6 Å². The van der Waals surface area contributed by atoms with Gasteiger partial charge in [0.15, 0.2) is 5.82 Å². The molecule has 58 heavy (non-hydrogen) atoms. The zero-order chi connectivity index (χ0) is 41.5. The van der Waals surface area contributed by atoms with Crippen LogP contribution in [0, 0.1) is 11.7 Å². The molecule has 1 saturated heterocycles. The highest BCUT2D eigenvalue weighted by Crippen LogP contribution is 2.27. The average Bonchev–Trinajstić information content (AvgIpc) is 3.71. The van der Waals surface area contributed by atoms with Gasteiger partial charge in [-0.2, -0.15) is 0 Å². The maximum absolute atomic E-state index is 15.3. The molecule has 1 unspecified atom stereocenters. The van der Waals surface area contributed by atoms with Gasteiger partial charge in [-0.25, -0.2) is 18.8 Å². The summed E-state index contributed by atoms with van der Waals surface area (Å²) in [5.41, 5.74) is 1.57. The summed E-state index contributed by atoms with van der Waals surface area (Å²) in [5, 5.41) is 23.5. The van der Waals surface area contributed by atoms with Gasteiger partial charge in [0, 0.05) is 50.0 Å². The van der Waals surface area contributed by atoms with Gasteiger partial charge in [-0.3, -0.25) is 9.59 Å². The molecule has 1 fully saturated rings. The number of carboxylic acid groups (broad SMARTS) is 1. The summed E-state index contributed by atoms with van der Waals surface area (Å²) in [5.74, 6) is -2.42. The van der Waals surface area contributed by atoms with Gasteiger partial charge in [0.05, 0.1) is 23.2 Å². The first-order chi connectivity index (χ1) is 27.8. The number of pyridine rings is 1. The number of aromatic carboxylic acids is 1. The second kappa shape index (κ2) is 18.0. The van der Waals surface area contributed by atoms with Gasteiger partial charge in [0.25, 0.3) is 0 Å². The summed E-state index contributed by atoms with van der Waals surface area (Å²) in [6.07, 6.45) is 0.129. The Hall–Kier alpha value is -6.78. The first-order valence-corrected chi connectivity index (χ1v) is 18.9. The van der Waals surface area contributed by atoms with Crippen LogP contribution in [-0.2, 0) is 34.0 Å². The minimum Gasteiger partial charge on any atom is -0.477 e. The zero-order valence-electron chi connectivity index (χ0n) is 32.5. The van der Waals surface area contributed by atoms with Crippen LogP contribution in [0.25, 0.3) is 10.9 Å². The third-order valence-corrected chi connectivity index (χ3v) is 9.95. The van der Waals surface area contributed by atoms with E-state index in [9.17, 15) is 29.1 Å². The average molecular weight is 797 g/mol. The van der Waals surface area contributed by atoms with Crippen LogP contribution in [0.5, 0.6) is 0 Å². The highest BCUT2D eigenvalue weighted by atomic mass is 19.1. The first-order valence-electron chi connectivity index (χ1n) is 18.9. The van der Waals surface area contributed by atoms with E-state index in [0.717, 1.165) is 11.6 Å². The van der Waals surface area contributed by atoms with Gasteiger partial charge in [-0.05, 0) is 55.2 Å². The van der Waals surface area contributed by atoms with Crippen LogP contribution in [0.3, 0.4) is 0 Å². The summed E-state index contributed by atoms with van der Waals surface area (Å²) in [4.78, 5) is 69.3. The summed E-state index contributed by atoms with van der Waals surface area (Å²) in [6, 6.07) is 18.3. The monoisotopic (exact) mass is 796 g/mol. The molecule has 0 aliphatic carbocycles. The molecule has 4 N–H and O–H groups in total. The molecule has 1 aliphatic rings. The lowest BCUT2D eigenvalue weighted by Crippen LogP contribution is -2.49. The molecule has 2 atom stereocenters. The van der Waals surface area contributed by atoms with Crippen LogP contribution in [-0.4, -0.2) is 80.0 Å². The summed E-state index contributed by atoms with van der Waals surface area (Å²) in [6.45, 7) is 8.94. The molecule has 304 valence electrons. The van der Waals surface area contributed by atoms with Gasteiger partial charge in [0.1, 0.15) is 30.4 Å². The number of benzene rings is 3. The quantitative estimate of drug-likeness (QED) is 0.112. The fourth-order valence-electron chi connectivity index (χ4n) is 6.55. The maximum atomic E-state index is 15.3. The smallest absolute Gasteiger partial charge is 0.410 e. The highest BCUT2D eigenvalue weighted by molar-refractivity contribution is 5.95. The molecule has 0 saturated carbocycles. The number of hydrogen-bond donors (Lipinski definition) is 4. The number of amides is 3. The fourth-order valence-corrected chi connectivity index (χ4v) is 6.55. The predicted molar refractivity (Wildman–Crippen MR) is 212 cm³/mol. The van der Waals surface area contributed by atoms with Crippen LogP contribution in [0.4, 0.5) is 25.4 Å². The molecule has 2 aromatic heterocycles. The van der Waals surface area contributed by atoms with Crippen molar-refractivity contribution in [1.82, 2.24) is 30.0 Å². The number of alkyl carbamates (subject to hydrolysis) is 1. The number of nitrogens with zero attached hydrogens (tertiary/aromatic N) is 5. The third-order valence-electron chi connectivity index (χ3n) is 9.95. The van der Waals surface area contributed by atoms with Crippen molar-refractivity contribution in [2.75, 3.05) is 36.4 Å². The van der Waals surface area contributed by atoms with Crippen molar-refractivity contribution in [2.45, 2.75) is 59.4 Å². The third kappa shape index (κ3) is 9.42. The molecular weight excluding hydrogens is 751 g/mol. The second-order valence-corrected chi connectivity index (χ2v) is 14.2. The molecular formula is C41H45FN8O8. The van der Waals surface area contributed by atoms with E-state index in [1.165, 1.54) is 11.1 Å². The number of fused-ring (bicyclic) bond motifs is 1. The normalized spacial score (nSPS) is 13.9. The van der Waals surface area contributed by atoms with E-state index in [0.29, 0.717) is 48.1 Å². The lowest BCUT2D eigenvalue weighted by molar-refractivity contribution is -0.117. The van der Waals surface area contributed by atoms with Crippen LogP contribution >= 0.6 is 0 Å². The van der Waals surface area contributed by atoms with Crippen LogP contribution in [0.2, 0.25) is 0 Å². The van der Waals surface area contributed by atoms with Crippen molar-refractivity contribution < 1.29 is 38.1 Å². The molecule has 6 rings (SSSR count). The molecule has 5 aromatic rings. The largest absolute Gasteiger partial charge is 0.477 e. The number of nitrogens with one attached hydrogen (secondary N) is 3. The molecule has 3 aromatic carbocycles. The van der Waals surface area contributed by atoms with Gasteiger partial charge >= 0.3 is 18.2 Å². The Morgan fingerprint density at radius 3 is 2.21 bits per heavy atom. The minimum absolute atomic E-state index is 0.0124. The number of hydrogen-bond acceptors (Lipinski definition) is 10. The standard InChI is InChI=1S/C41H45FN8O8/c1-5-48-21-30(39(53)54)35(51)29-19-31(42)33(20-32(29)48)49-15-17-50(18-16-49)41(56)58-23-27-11-13-28(14-12-27)43-38(52)25(4)36-45-37(47-46-36)34(24(2)3)44-40(55)57-22-26-9-7-6-8-10-26/h6-14,19-21,24-25,34H,5,15-18,22-23H2,1-4H3,(H,43,52)(H,44,55)(H,53,54)(H,45,46,47)/t25?,34-/m0/s1. The Kier molecular flexibility index (Phi) is 12.7. The number of ether oxygens (including phenoxy) is 2. The summed E-state index contributed by atoms with van der Waals surface area (Å²) < 4.78 is 27.8. The Labute approximate surface area is 333 Å². The van der Waals surface area contributed by atoms with E-state index in [1.54, 1.807) is 53.6 Å². The van der Waals surface area contributed by atoms with Crippen molar-refractivity contribution in [1.29, 1.82) is 0 Å². The van der Waals surface area contributed by atoms with E-state index >= 15 is 4.39 Å². The Morgan fingerprint density at radius 1 is 0.897 bits per heavy atom. The molecule has 0 spiro atoms. The molecule has 0 bridgehead atoms. The number of rotatable bonds is 13. The highest BCUT2D eigenvalue weighted by Gasteiger charge is 2.28. The van der Waals surface area contributed by atoms with Gasteiger partial charge in [-0.15, -0.1) is 10.2 Å². The van der Waals surface area contributed by atoms with Crippen molar-refractivity contribution in [3.05, 3.63) is 117 Å². The van der Waals surface area contributed by atoms with Crippen molar-refractivity contribution in [2.24, 2.45) is 5.92 Å². The predicted octanol–water partition coefficient (Wildman–Crippen LogP) is 5.80. The zero-order valence-corrected chi connectivity index (χ0v) is 32.5. The number of carbonyl (C=O) groups is 4. The van der Waals surface area contributed by atoms with Crippen molar-refractivity contribution in [3.8, 4) is 0 Å². The molecule has 17 heteroatoms. The summed E-state index contributed by atoms with van der Waals surface area (Å²) in [7, 11) is 0. The molecule has 3 heterocycles. The molecule has 3 amide bonds. The number of piperazine rings is 1. The van der Waals surface area contributed by atoms with E-state index in [2.05, 4.69) is 25.8 Å². The number of carboxylic acids is 1. The number of aromatic nitrogens is 4. The van der Waals surface area contributed by atoms with E-state index in [1.807, 2.05) is 44.2 Å². The second-order valence-electron chi connectivity index (χ2n) is 14.2. The Balaban J connectivity index is 0.975. The molecule has 16 nitrogen and oxygen atoms in total. The maximum Gasteiger partial charge on any atom is 0.410 e. The van der Waals surface area contributed by atoms with Crippen LogP contribution < -0.4 is 21.0 Å². The fraction of sp³-hybridized carbons (Fsp3) is 0.341. The first kappa shape index (κ1) is 40.9. The number of H-pyrrole nitrogens is 1. The van der Waals surface area contributed by atoms with Crippen molar-refractivity contribution in [3.63, 3.8) is 0 Å². The van der Waals surface area contributed by atoms with E-state index in [-0.39, 0.29) is 49.2 Å². The lowest BCUT2D eigenvalue weighted by Gasteiger charge is -2.35. The topological polar surface area (TPSA) is 201 Å². The number of carbonyl (C=O) groups excluding carboxylic acids is 3. The number of anilines is 2. The Bertz CT molecular complexity index is 2340. The number of aryl methyl sites for hydroxylation is 1.